The Morgan fingerprint density at radius 2 is 2.13 bits per heavy atom. The molecule has 5 heteroatoms. The van der Waals surface area contributed by atoms with Gasteiger partial charge in [-0.1, -0.05) is 11.3 Å². The maximum Gasteiger partial charge on any atom is 0.181 e. The number of aryl methyl sites for hydroxylation is 1. The van der Waals surface area contributed by atoms with Gasteiger partial charge in [0, 0.05) is 5.75 Å². The normalized spacial score (nSPS) is 12.0. The lowest BCUT2D eigenvalue weighted by molar-refractivity contribution is 0.00695. The molecule has 1 rings (SSSR count). The number of nitrogen functional groups attached to an aromatic ring is 1. The average molecular weight is 246 g/mol. The molecule has 0 aromatic carbocycles. The first-order valence-corrected chi connectivity index (χ1v) is 6.68. The third-order valence-corrected chi connectivity index (χ3v) is 3.94. The number of ether oxygens (including phenoxy) is 1. The van der Waals surface area contributed by atoms with Gasteiger partial charge in [-0.2, -0.15) is 0 Å². The lowest BCUT2D eigenvalue weighted by Gasteiger charge is -2.18. The molecule has 0 spiro atoms. The van der Waals surface area contributed by atoms with E-state index >= 15 is 0 Å². The van der Waals surface area contributed by atoms with E-state index in [2.05, 4.69) is 25.8 Å². The zero-order chi connectivity index (χ0) is 11.5. The molecule has 0 atom stereocenters. The molecule has 3 nitrogen and oxygen atoms in total. The second-order valence-corrected chi connectivity index (χ2v) is 6.63. The zero-order valence-electron chi connectivity index (χ0n) is 9.66. The molecule has 0 aliphatic rings. The monoisotopic (exact) mass is 246 g/mol. The van der Waals surface area contributed by atoms with Crippen molar-refractivity contribution in [3.05, 3.63) is 5.69 Å². The van der Waals surface area contributed by atoms with Crippen molar-refractivity contribution in [1.29, 1.82) is 0 Å². The Bertz CT molecular complexity index is 318. The highest BCUT2D eigenvalue weighted by Crippen LogP contribution is 2.30. The number of nitrogens with zero attached hydrogens (tertiary/aromatic N) is 1. The van der Waals surface area contributed by atoms with Crippen molar-refractivity contribution >= 4 is 28.2 Å². The molecule has 86 valence electrons. The first-order chi connectivity index (χ1) is 6.88. The fraction of sp³-hybridized carbons (Fsp3) is 0.700. The molecule has 0 bridgehead atoms. The Morgan fingerprint density at radius 3 is 2.60 bits per heavy atom. The van der Waals surface area contributed by atoms with Gasteiger partial charge in [-0.05, 0) is 27.7 Å². The molecule has 0 saturated heterocycles. The predicted molar refractivity (Wildman–Crippen MR) is 67.7 cm³/mol. The van der Waals surface area contributed by atoms with Gasteiger partial charge in [0.15, 0.2) is 5.13 Å². The minimum absolute atomic E-state index is 0.0532. The van der Waals surface area contributed by atoms with E-state index in [1.54, 1.807) is 23.1 Å². The first kappa shape index (κ1) is 12.8. The summed E-state index contributed by atoms with van der Waals surface area (Å²) in [4.78, 5) is 4.17. The van der Waals surface area contributed by atoms with Crippen LogP contribution in [0.15, 0.2) is 4.21 Å². The highest BCUT2D eigenvalue weighted by molar-refractivity contribution is 8.01. The molecule has 0 radical (unpaired) electrons. The smallest absolute Gasteiger partial charge is 0.181 e. The molecule has 0 fully saturated rings. The van der Waals surface area contributed by atoms with E-state index in [1.165, 1.54) is 4.21 Å². The van der Waals surface area contributed by atoms with Crippen LogP contribution in [0.25, 0.3) is 0 Å². The summed E-state index contributed by atoms with van der Waals surface area (Å²) in [7, 11) is 0. The number of hydrogen-bond donors (Lipinski definition) is 1. The lowest BCUT2D eigenvalue weighted by atomic mass is 10.2. The molecule has 0 saturated carbocycles. The summed E-state index contributed by atoms with van der Waals surface area (Å²) in [5.41, 5.74) is 6.59. The van der Waals surface area contributed by atoms with Gasteiger partial charge < -0.3 is 10.5 Å². The largest absolute Gasteiger partial charge is 0.375 e. The summed E-state index contributed by atoms with van der Waals surface area (Å²) >= 11 is 3.31. The second kappa shape index (κ2) is 5.18. The molecule has 1 heterocycles. The van der Waals surface area contributed by atoms with Crippen molar-refractivity contribution < 1.29 is 4.74 Å². The maximum atomic E-state index is 5.63. The highest BCUT2D eigenvalue weighted by Gasteiger charge is 2.10. The van der Waals surface area contributed by atoms with Gasteiger partial charge in [-0.15, -0.1) is 11.8 Å². The molecule has 2 N–H and O–H groups in total. The number of thiazole rings is 1. The van der Waals surface area contributed by atoms with Crippen molar-refractivity contribution in [2.45, 2.75) is 37.5 Å². The third kappa shape index (κ3) is 4.86. The van der Waals surface area contributed by atoms with Crippen LogP contribution in [0.1, 0.15) is 26.5 Å². The predicted octanol–water partition coefficient (Wildman–Crippen LogP) is 2.94. The van der Waals surface area contributed by atoms with Crippen LogP contribution in [0, 0.1) is 6.92 Å². The molecular weight excluding hydrogens is 228 g/mol. The number of thioether (sulfide) groups is 1. The van der Waals surface area contributed by atoms with Gasteiger partial charge in [0.25, 0.3) is 0 Å². The zero-order valence-corrected chi connectivity index (χ0v) is 11.3. The Hall–Kier alpha value is -0.260. The highest BCUT2D eigenvalue weighted by atomic mass is 32.2. The van der Waals surface area contributed by atoms with Crippen LogP contribution in [-0.4, -0.2) is 22.9 Å². The molecule has 0 amide bonds. The van der Waals surface area contributed by atoms with Gasteiger partial charge in [-0.3, -0.25) is 0 Å². The number of hydrogen-bond acceptors (Lipinski definition) is 5. The summed E-state index contributed by atoms with van der Waals surface area (Å²) in [6.45, 7) is 8.93. The lowest BCUT2D eigenvalue weighted by Crippen LogP contribution is -2.20. The van der Waals surface area contributed by atoms with Crippen molar-refractivity contribution in [3.63, 3.8) is 0 Å². The maximum absolute atomic E-state index is 5.63. The molecule has 15 heavy (non-hydrogen) atoms. The van der Waals surface area contributed by atoms with Crippen molar-refractivity contribution in [2.75, 3.05) is 18.1 Å². The van der Waals surface area contributed by atoms with Crippen LogP contribution in [0.4, 0.5) is 5.13 Å². The number of nitrogens with two attached hydrogens (primary N) is 1. The van der Waals surface area contributed by atoms with E-state index in [0.29, 0.717) is 5.13 Å². The molecule has 0 unspecified atom stereocenters. The first-order valence-electron chi connectivity index (χ1n) is 4.88. The standard InChI is InChI=1S/C10H18N2OS2/c1-7-8(15-9(11)12-7)14-6-5-13-10(2,3)4/h5-6H2,1-4H3,(H2,11,12). The molecule has 1 aromatic heterocycles. The van der Waals surface area contributed by atoms with Crippen LogP contribution < -0.4 is 5.73 Å². The number of anilines is 1. The van der Waals surface area contributed by atoms with Crippen molar-refractivity contribution in [2.24, 2.45) is 0 Å². The van der Waals surface area contributed by atoms with E-state index in [4.69, 9.17) is 10.5 Å². The summed E-state index contributed by atoms with van der Waals surface area (Å²) in [5, 5.41) is 0.645. The summed E-state index contributed by atoms with van der Waals surface area (Å²) in [5.74, 6) is 0.944. The van der Waals surface area contributed by atoms with Gasteiger partial charge in [-0.25, -0.2) is 4.98 Å². The molecule has 0 aliphatic carbocycles. The summed E-state index contributed by atoms with van der Waals surface area (Å²) in [6.07, 6.45) is 0. The summed E-state index contributed by atoms with van der Waals surface area (Å²) in [6, 6.07) is 0. The van der Waals surface area contributed by atoms with Gasteiger partial charge in [0.2, 0.25) is 0 Å². The molecular formula is C10H18N2OS2. The fourth-order valence-corrected chi connectivity index (χ4v) is 2.93. The second-order valence-electron chi connectivity index (χ2n) is 4.23. The minimum Gasteiger partial charge on any atom is -0.375 e. The van der Waals surface area contributed by atoms with E-state index in [1.807, 2.05) is 6.92 Å². The van der Waals surface area contributed by atoms with Gasteiger partial charge in [0.1, 0.15) is 0 Å². The molecule has 0 aliphatic heterocycles. The Morgan fingerprint density at radius 1 is 1.47 bits per heavy atom. The Balaban J connectivity index is 2.29. The van der Waals surface area contributed by atoms with Crippen LogP contribution >= 0.6 is 23.1 Å². The van der Waals surface area contributed by atoms with E-state index in [-0.39, 0.29) is 5.60 Å². The van der Waals surface area contributed by atoms with Crippen LogP contribution in [-0.2, 0) is 4.74 Å². The molecule has 1 aromatic rings. The van der Waals surface area contributed by atoms with Crippen LogP contribution in [0.2, 0.25) is 0 Å². The fourth-order valence-electron chi connectivity index (χ4n) is 1.02. The average Bonchev–Trinajstić information content (AvgIpc) is 2.37. The quantitative estimate of drug-likeness (QED) is 0.655. The van der Waals surface area contributed by atoms with Crippen molar-refractivity contribution in [1.82, 2.24) is 4.98 Å². The number of aromatic nitrogens is 1. The minimum atomic E-state index is -0.0532. The number of rotatable bonds is 4. The van der Waals surface area contributed by atoms with E-state index in [0.717, 1.165) is 18.1 Å². The van der Waals surface area contributed by atoms with Crippen LogP contribution in [0.5, 0.6) is 0 Å². The van der Waals surface area contributed by atoms with Crippen LogP contribution in [0.3, 0.4) is 0 Å². The topological polar surface area (TPSA) is 48.1 Å². The SMILES string of the molecule is Cc1nc(N)sc1SCCOC(C)(C)C. The van der Waals surface area contributed by atoms with E-state index < -0.39 is 0 Å². The van der Waals surface area contributed by atoms with Gasteiger partial charge >= 0.3 is 0 Å². The van der Waals surface area contributed by atoms with E-state index in [9.17, 15) is 0 Å². The third-order valence-electron chi connectivity index (χ3n) is 1.62. The summed E-state index contributed by atoms with van der Waals surface area (Å²) < 4.78 is 6.83. The van der Waals surface area contributed by atoms with Gasteiger partial charge in [0.05, 0.1) is 22.1 Å². The Kier molecular flexibility index (Phi) is 4.43. The Labute approximate surface area is 99.4 Å². The van der Waals surface area contributed by atoms with Crippen molar-refractivity contribution in [3.8, 4) is 0 Å².